The van der Waals surface area contributed by atoms with Crippen LogP contribution in [0.25, 0.3) is 0 Å². The summed E-state index contributed by atoms with van der Waals surface area (Å²) in [5, 5.41) is 17.2. The molecule has 0 aliphatic rings. The second-order valence-corrected chi connectivity index (χ2v) is 6.69. The van der Waals surface area contributed by atoms with Crippen LogP contribution in [0.1, 0.15) is 33.2 Å². The van der Waals surface area contributed by atoms with Gasteiger partial charge in [0, 0.05) is 35.9 Å². The third-order valence-electron chi connectivity index (χ3n) is 4.27. The van der Waals surface area contributed by atoms with Crippen molar-refractivity contribution in [3.05, 3.63) is 99.6 Å². The predicted octanol–water partition coefficient (Wildman–Crippen LogP) is 3.54. The van der Waals surface area contributed by atoms with Gasteiger partial charge >= 0.3 is 5.97 Å². The molecule has 0 aliphatic heterocycles. The lowest BCUT2D eigenvalue weighted by atomic mass is 10.2. The highest BCUT2D eigenvalue weighted by atomic mass is 16.6. The number of nitrogens with one attached hydrogen (secondary N) is 2. The molecule has 0 bridgehead atoms. The summed E-state index contributed by atoms with van der Waals surface area (Å²) in [6.07, 6.45) is 1.32. The molecule has 10 heteroatoms. The highest BCUT2D eigenvalue weighted by molar-refractivity contribution is 5.97. The minimum Gasteiger partial charge on any atom is -0.422 e. The molecule has 0 saturated carbocycles. The quantitative estimate of drug-likeness (QED) is 0.187. The molecule has 0 unspecified atom stereocenters. The first-order valence-corrected chi connectivity index (χ1v) is 9.60. The van der Waals surface area contributed by atoms with Crippen LogP contribution in [0, 0.1) is 10.1 Å². The van der Waals surface area contributed by atoms with Gasteiger partial charge in [0.15, 0.2) is 0 Å². The van der Waals surface area contributed by atoms with Gasteiger partial charge in [0.2, 0.25) is 5.91 Å². The Labute approximate surface area is 188 Å². The van der Waals surface area contributed by atoms with Gasteiger partial charge in [-0.05, 0) is 48.5 Å². The lowest BCUT2D eigenvalue weighted by Gasteiger charge is -2.07. The van der Waals surface area contributed by atoms with E-state index < -0.39 is 16.8 Å². The van der Waals surface area contributed by atoms with Crippen molar-refractivity contribution in [2.24, 2.45) is 5.10 Å². The molecule has 0 atom stereocenters. The van der Waals surface area contributed by atoms with Crippen molar-refractivity contribution in [1.82, 2.24) is 5.43 Å². The first kappa shape index (κ1) is 22.8. The molecule has 0 saturated heterocycles. The van der Waals surface area contributed by atoms with Gasteiger partial charge in [-0.2, -0.15) is 5.10 Å². The van der Waals surface area contributed by atoms with Gasteiger partial charge in [-0.1, -0.05) is 12.1 Å². The fraction of sp³-hybridized carbons (Fsp3) is 0.0435. The molecule has 10 nitrogen and oxygen atoms in total. The Kier molecular flexibility index (Phi) is 7.22. The normalized spacial score (nSPS) is 10.5. The van der Waals surface area contributed by atoms with E-state index in [0.29, 0.717) is 16.8 Å². The maximum atomic E-state index is 12.4. The highest BCUT2D eigenvalue weighted by Gasteiger charge is 2.13. The number of esters is 1. The number of rotatable bonds is 7. The average molecular weight is 446 g/mol. The van der Waals surface area contributed by atoms with Gasteiger partial charge in [0.25, 0.3) is 11.6 Å². The number of hydrazone groups is 1. The Bertz CT molecular complexity index is 1220. The first-order valence-electron chi connectivity index (χ1n) is 9.60. The Morgan fingerprint density at radius 1 is 0.939 bits per heavy atom. The van der Waals surface area contributed by atoms with Gasteiger partial charge in [-0.15, -0.1) is 0 Å². The maximum Gasteiger partial charge on any atom is 0.343 e. The molecule has 0 aromatic heterocycles. The number of non-ortho nitro benzene ring substituents is 1. The van der Waals surface area contributed by atoms with Crippen LogP contribution in [0.2, 0.25) is 0 Å². The Hall–Kier alpha value is -4.86. The minimum atomic E-state index is -0.700. The molecule has 3 aromatic carbocycles. The van der Waals surface area contributed by atoms with Crippen molar-refractivity contribution >= 4 is 35.4 Å². The van der Waals surface area contributed by atoms with Crippen molar-refractivity contribution in [3.8, 4) is 5.75 Å². The number of anilines is 1. The molecule has 0 radical (unpaired) electrons. The summed E-state index contributed by atoms with van der Waals surface area (Å²) in [4.78, 5) is 45.9. The topological polar surface area (TPSA) is 140 Å². The smallest absolute Gasteiger partial charge is 0.343 e. The Morgan fingerprint density at radius 3 is 2.21 bits per heavy atom. The molecular formula is C23H18N4O6. The zero-order valence-electron chi connectivity index (χ0n) is 17.3. The second kappa shape index (κ2) is 10.4. The van der Waals surface area contributed by atoms with Crippen LogP contribution in [-0.4, -0.2) is 28.9 Å². The number of carbonyl (C=O) groups excluding carboxylic acids is 3. The molecule has 0 aliphatic carbocycles. The second-order valence-electron chi connectivity index (χ2n) is 6.69. The SMILES string of the molecule is CC(=O)Nc1ccc(C(=O)N/N=C\c2ccccc2OC(=O)c2ccc([N+](=O)[O-])cc2)cc1. The van der Waals surface area contributed by atoms with Crippen LogP contribution in [-0.2, 0) is 4.79 Å². The molecule has 0 spiro atoms. The summed E-state index contributed by atoms with van der Waals surface area (Å²) in [6, 6.07) is 17.8. The van der Waals surface area contributed by atoms with E-state index in [0.717, 1.165) is 0 Å². The van der Waals surface area contributed by atoms with Crippen molar-refractivity contribution in [3.63, 3.8) is 0 Å². The molecule has 0 heterocycles. The Balaban J connectivity index is 1.65. The molecule has 0 fully saturated rings. The number of hydrogen-bond acceptors (Lipinski definition) is 7. The van der Waals surface area contributed by atoms with E-state index in [1.807, 2.05) is 0 Å². The molecule has 2 N–H and O–H groups in total. The van der Waals surface area contributed by atoms with E-state index in [1.54, 1.807) is 36.4 Å². The summed E-state index contributed by atoms with van der Waals surface area (Å²) in [6.45, 7) is 1.39. The van der Waals surface area contributed by atoms with Gasteiger partial charge in [-0.25, -0.2) is 10.2 Å². The monoisotopic (exact) mass is 446 g/mol. The zero-order chi connectivity index (χ0) is 23.8. The molecule has 3 aromatic rings. The van der Waals surface area contributed by atoms with Crippen LogP contribution in [0.4, 0.5) is 11.4 Å². The third-order valence-corrected chi connectivity index (χ3v) is 4.27. The van der Waals surface area contributed by atoms with Gasteiger partial charge < -0.3 is 10.1 Å². The largest absolute Gasteiger partial charge is 0.422 e. The fourth-order valence-electron chi connectivity index (χ4n) is 2.69. The van der Waals surface area contributed by atoms with Crippen LogP contribution >= 0.6 is 0 Å². The van der Waals surface area contributed by atoms with Crippen molar-refractivity contribution in [2.45, 2.75) is 6.92 Å². The van der Waals surface area contributed by atoms with E-state index in [-0.39, 0.29) is 22.9 Å². The number of ether oxygens (including phenoxy) is 1. The molecule has 2 amide bonds. The fourth-order valence-corrected chi connectivity index (χ4v) is 2.69. The minimum absolute atomic E-state index is 0.139. The zero-order valence-corrected chi connectivity index (χ0v) is 17.3. The van der Waals surface area contributed by atoms with Crippen molar-refractivity contribution < 1.29 is 24.0 Å². The number of nitro groups is 1. The van der Waals surface area contributed by atoms with Crippen LogP contribution in [0.3, 0.4) is 0 Å². The van der Waals surface area contributed by atoms with E-state index in [1.165, 1.54) is 49.5 Å². The predicted molar refractivity (Wildman–Crippen MR) is 120 cm³/mol. The van der Waals surface area contributed by atoms with Crippen LogP contribution in [0.5, 0.6) is 5.75 Å². The van der Waals surface area contributed by atoms with Gasteiger partial charge in [0.05, 0.1) is 16.7 Å². The van der Waals surface area contributed by atoms with E-state index in [2.05, 4.69) is 15.8 Å². The third kappa shape index (κ3) is 6.31. The number of nitro benzene ring substituents is 1. The van der Waals surface area contributed by atoms with Gasteiger partial charge in [-0.3, -0.25) is 19.7 Å². The molecule has 166 valence electrons. The summed E-state index contributed by atoms with van der Waals surface area (Å²) in [5.41, 5.74) is 3.70. The summed E-state index contributed by atoms with van der Waals surface area (Å²) >= 11 is 0. The number of hydrogen-bond donors (Lipinski definition) is 2. The summed E-state index contributed by atoms with van der Waals surface area (Å²) in [5.74, 6) is -1.20. The van der Waals surface area contributed by atoms with Crippen molar-refractivity contribution in [2.75, 3.05) is 5.32 Å². The molecule has 33 heavy (non-hydrogen) atoms. The number of para-hydroxylation sites is 1. The number of carbonyl (C=O) groups is 3. The Morgan fingerprint density at radius 2 is 1.58 bits per heavy atom. The number of amides is 2. The molecule has 3 rings (SSSR count). The van der Waals surface area contributed by atoms with E-state index in [9.17, 15) is 24.5 Å². The van der Waals surface area contributed by atoms with E-state index in [4.69, 9.17) is 4.74 Å². The summed E-state index contributed by atoms with van der Waals surface area (Å²) < 4.78 is 5.37. The maximum absolute atomic E-state index is 12.4. The lowest BCUT2D eigenvalue weighted by molar-refractivity contribution is -0.384. The molecular weight excluding hydrogens is 428 g/mol. The van der Waals surface area contributed by atoms with Crippen LogP contribution < -0.4 is 15.5 Å². The number of benzene rings is 3. The summed E-state index contributed by atoms with van der Waals surface area (Å²) in [7, 11) is 0. The van der Waals surface area contributed by atoms with E-state index >= 15 is 0 Å². The number of nitrogens with zero attached hydrogens (tertiary/aromatic N) is 2. The van der Waals surface area contributed by atoms with Gasteiger partial charge in [0.1, 0.15) is 5.75 Å². The first-order chi connectivity index (χ1) is 15.8. The van der Waals surface area contributed by atoms with Crippen molar-refractivity contribution in [1.29, 1.82) is 0 Å². The standard InChI is InChI=1S/C23H18N4O6/c1-15(28)25-19-10-6-16(7-11-19)22(29)26-24-14-18-4-2-3-5-21(18)33-23(30)17-8-12-20(13-9-17)27(31)32/h2-14H,1H3,(H,25,28)(H,26,29)/b24-14-. The van der Waals surface area contributed by atoms with Crippen LogP contribution in [0.15, 0.2) is 77.9 Å². The highest BCUT2D eigenvalue weighted by Crippen LogP contribution is 2.19. The average Bonchev–Trinajstić information content (AvgIpc) is 2.80. The lowest BCUT2D eigenvalue weighted by Crippen LogP contribution is -2.18.